The molecule has 0 aliphatic carbocycles. The lowest BCUT2D eigenvalue weighted by Crippen LogP contribution is -2.01. The Morgan fingerprint density at radius 1 is 1.21 bits per heavy atom. The summed E-state index contributed by atoms with van der Waals surface area (Å²) in [5, 5.41) is 0. The van der Waals surface area contributed by atoms with Crippen LogP contribution in [0.15, 0.2) is 18.3 Å². The van der Waals surface area contributed by atoms with Crippen LogP contribution in [0.25, 0.3) is 0 Å². The second-order valence-corrected chi connectivity index (χ2v) is 4.03. The summed E-state index contributed by atoms with van der Waals surface area (Å²) in [7, 11) is 0. The van der Waals surface area contributed by atoms with E-state index < -0.39 is 0 Å². The standard InChI is InChI=1S/C13H21N/c1-4-6-12(7-5-2)13-10-11(3)8-9-14-13/h8-10,12H,4-7H2,1-3H3. The molecule has 0 spiro atoms. The second kappa shape index (κ2) is 5.79. The van der Waals surface area contributed by atoms with Gasteiger partial charge < -0.3 is 0 Å². The first kappa shape index (κ1) is 11.2. The van der Waals surface area contributed by atoms with E-state index in [1.807, 2.05) is 6.20 Å². The molecule has 0 aromatic carbocycles. The van der Waals surface area contributed by atoms with Crippen LogP contribution in [-0.2, 0) is 0 Å². The van der Waals surface area contributed by atoms with E-state index in [0.29, 0.717) is 5.92 Å². The van der Waals surface area contributed by atoms with E-state index in [1.165, 1.54) is 36.9 Å². The number of hydrogen-bond acceptors (Lipinski definition) is 1. The molecule has 0 unspecified atom stereocenters. The quantitative estimate of drug-likeness (QED) is 0.683. The van der Waals surface area contributed by atoms with Crippen molar-refractivity contribution in [3.8, 4) is 0 Å². The molecule has 1 aromatic heterocycles. The van der Waals surface area contributed by atoms with E-state index in [9.17, 15) is 0 Å². The highest BCUT2D eigenvalue weighted by Gasteiger charge is 2.10. The zero-order chi connectivity index (χ0) is 10.4. The van der Waals surface area contributed by atoms with Crippen LogP contribution in [0.2, 0.25) is 0 Å². The summed E-state index contributed by atoms with van der Waals surface area (Å²) in [5.74, 6) is 0.671. The van der Waals surface area contributed by atoms with Gasteiger partial charge in [0.25, 0.3) is 0 Å². The van der Waals surface area contributed by atoms with Gasteiger partial charge in [-0.1, -0.05) is 26.7 Å². The van der Waals surface area contributed by atoms with Gasteiger partial charge in [-0.2, -0.15) is 0 Å². The zero-order valence-electron chi connectivity index (χ0n) is 9.59. The maximum absolute atomic E-state index is 4.48. The van der Waals surface area contributed by atoms with Crippen LogP contribution < -0.4 is 0 Å². The first-order chi connectivity index (χ1) is 6.77. The Balaban J connectivity index is 2.75. The Morgan fingerprint density at radius 2 is 1.86 bits per heavy atom. The third-order valence-electron chi connectivity index (χ3n) is 2.63. The van der Waals surface area contributed by atoms with E-state index >= 15 is 0 Å². The maximum Gasteiger partial charge on any atom is 0.0437 e. The predicted octanol–water partition coefficient (Wildman–Crippen LogP) is 4.07. The molecule has 0 radical (unpaired) electrons. The van der Waals surface area contributed by atoms with Crippen molar-refractivity contribution in [2.45, 2.75) is 52.4 Å². The summed E-state index contributed by atoms with van der Waals surface area (Å²) >= 11 is 0. The van der Waals surface area contributed by atoms with Crippen LogP contribution in [0.5, 0.6) is 0 Å². The smallest absolute Gasteiger partial charge is 0.0437 e. The summed E-state index contributed by atoms with van der Waals surface area (Å²) in [5.41, 5.74) is 2.61. The Morgan fingerprint density at radius 3 is 2.36 bits per heavy atom. The number of rotatable bonds is 5. The van der Waals surface area contributed by atoms with Crippen molar-refractivity contribution in [3.05, 3.63) is 29.6 Å². The summed E-state index contributed by atoms with van der Waals surface area (Å²) < 4.78 is 0. The molecular weight excluding hydrogens is 170 g/mol. The lowest BCUT2D eigenvalue weighted by Gasteiger charge is -2.14. The number of aromatic nitrogens is 1. The average molecular weight is 191 g/mol. The molecule has 0 bridgehead atoms. The number of aryl methyl sites for hydroxylation is 1. The normalized spacial score (nSPS) is 10.9. The van der Waals surface area contributed by atoms with Gasteiger partial charge in [0.15, 0.2) is 0 Å². The maximum atomic E-state index is 4.48. The van der Waals surface area contributed by atoms with Crippen LogP contribution in [0.4, 0.5) is 0 Å². The molecule has 0 aliphatic heterocycles. The third kappa shape index (κ3) is 3.13. The van der Waals surface area contributed by atoms with Gasteiger partial charge in [0, 0.05) is 17.8 Å². The fourth-order valence-electron chi connectivity index (χ4n) is 1.92. The monoisotopic (exact) mass is 191 g/mol. The molecule has 0 fully saturated rings. The summed E-state index contributed by atoms with van der Waals surface area (Å²) in [4.78, 5) is 4.48. The number of pyridine rings is 1. The lowest BCUT2D eigenvalue weighted by molar-refractivity contribution is 0.548. The molecule has 1 rings (SSSR count). The van der Waals surface area contributed by atoms with Gasteiger partial charge in [0.05, 0.1) is 0 Å². The van der Waals surface area contributed by atoms with Crippen molar-refractivity contribution in [2.75, 3.05) is 0 Å². The van der Waals surface area contributed by atoms with Gasteiger partial charge in [-0.25, -0.2) is 0 Å². The van der Waals surface area contributed by atoms with E-state index in [0.717, 1.165) is 0 Å². The van der Waals surface area contributed by atoms with Crippen molar-refractivity contribution in [3.63, 3.8) is 0 Å². The Bertz CT molecular complexity index is 262. The van der Waals surface area contributed by atoms with Gasteiger partial charge in [0.2, 0.25) is 0 Å². The summed E-state index contributed by atoms with van der Waals surface area (Å²) in [6.45, 7) is 6.64. The van der Waals surface area contributed by atoms with Crippen LogP contribution >= 0.6 is 0 Å². The molecule has 0 atom stereocenters. The molecular formula is C13H21N. The Hall–Kier alpha value is -0.850. The van der Waals surface area contributed by atoms with Crippen molar-refractivity contribution >= 4 is 0 Å². The minimum atomic E-state index is 0.671. The van der Waals surface area contributed by atoms with Crippen molar-refractivity contribution in [1.82, 2.24) is 4.98 Å². The topological polar surface area (TPSA) is 12.9 Å². The second-order valence-electron chi connectivity index (χ2n) is 4.03. The summed E-state index contributed by atoms with van der Waals surface area (Å²) in [6.07, 6.45) is 6.97. The van der Waals surface area contributed by atoms with Gasteiger partial charge in [-0.3, -0.25) is 4.98 Å². The highest BCUT2D eigenvalue weighted by molar-refractivity contribution is 5.17. The molecule has 1 nitrogen and oxygen atoms in total. The van der Waals surface area contributed by atoms with Crippen molar-refractivity contribution in [1.29, 1.82) is 0 Å². The molecule has 0 saturated heterocycles. The third-order valence-corrected chi connectivity index (χ3v) is 2.63. The van der Waals surface area contributed by atoms with Crippen LogP contribution in [-0.4, -0.2) is 4.98 Å². The highest BCUT2D eigenvalue weighted by Crippen LogP contribution is 2.24. The van der Waals surface area contributed by atoms with E-state index in [1.54, 1.807) is 0 Å². The minimum Gasteiger partial charge on any atom is -0.261 e. The molecule has 0 saturated carbocycles. The van der Waals surface area contributed by atoms with Gasteiger partial charge in [-0.05, 0) is 37.5 Å². The fourth-order valence-corrected chi connectivity index (χ4v) is 1.92. The average Bonchev–Trinajstić information content (AvgIpc) is 2.17. The van der Waals surface area contributed by atoms with E-state index in [-0.39, 0.29) is 0 Å². The highest BCUT2D eigenvalue weighted by atomic mass is 14.7. The van der Waals surface area contributed by atoms with E-state index in [2.05, 4.69) is 37.9 Å². The molecule has 0 aliphatic rings. The Labute approximate surface area is 87.6 Å². The number of nitrogens with zero attached hydrogens (tertiary/aromatic N) is 1. The molecule has 14 heavy (non-hydrogen) atoms. The molecule has 0 N–H and O–H groups in total. The largest absolute Gasteiger partial charge is 0.261 e. The van der Waals surface area contributed by atoms with Crippen LogP contribution in [0, 0.1) is 6.92 Å². The van der Waals surface area contributed by atoms with Gasteiger partial charge in [-0.15, -0.1) is 0 Å². The molecule has 1 heterocycles. The molecule has 1 aromatic rings. The van der Waals surface area contributed by atoms with Gasteiger partial charge >= 0.3 is 0 Å². The molecule has 1 heteroatoms. The minimum absolute atomic E-state index is 0.671. The first-order valence-corrected chi connectivity index (χ1v) is 5.70. The zero-order valence-corrected chi connectivity index (χ0v) is 9.59. The predicted molar refractivity (Wildman–Crippen MR) is 61.5 cm³/mol. The Kier molecular flexibility index (Phi) is 4.64. The van der Waals surface area contributed by atoms with Crippen LogP contribution in [0.1, 0.15) is 56.7 Å². The SMILES string of the molecule is CCCC(CCC)c1cc(C)ccn1. The van der Waals surface area contributed by atoms with Crippen molar-refractivity contribution in [2.24, 2.45) is 0 Å². The molecule has 78 valence electrons. The number of hydrogen-bond donors (Lipinski definition) is 0. The lowest BCUT2D eigenvalue weighted by atomic mass is 9.94. The molecule has 0 amide bonds. The van der Waals surface area contributed by atoms with E-state index in [4.69, 9.17) is 0 Å². The van der Waals surface area contributed by atoms with Crippen molar-refractivity contribution < 1.29 is 0 Å². The van der Waals surface area contributed by atoms with Gasteiger partial charge in [0.1, 0.15) is 0 Å². The summed E-state index contributed by atoms with van der Waals surface area (Å²) in [6, 6.07) is 4.30. The van der Waals surface area contributed by atoms with Crippen LogP contribution in [0.3, 0.4) is 0 Å². The fraction of sp³-hybridized carbons (Fsp3) is 0.615. The first-order valence-electron chi connectivity index (χ1n) is 5.70.